The lowest BCUT2D eigenvalue weighted by Crippen LogP contribution is -2.09. The number of rotatable bonds is 4. The van der Waals surface area contributed by atoms with Gasteiger partial charge in [-0.2, -0.15) is 0 Å². The Bertz CT molecular complexity index is 646. The lowest BCUT2D eigenvalue weighted by Gasteiger charge is -2.02. The van der Waals surface area contributed by atoms with Crippen LogP contribution in [-0.2, 0) is 0 Å². The van der Waals surface area contributed by atoms with E-state index in [4.69, 9.17) is 4.42 Å². The van der Waals surface area contributed by atoms with Gasteiger partial charge in [-0.05, 0) is 47.1 Å². The predicted molar refractivity (Wildman–Crippen MR) is 70.8 cm³/mol. The van der Waals surface area contributed by atoms with Crippen molar-refractivity contribution in [2.75, 3.05) is 0 Å². The van der Waals surface area contributed by atoms with Crippen LogP contribution >= 0.6 is 15.9 Å². The van der Waals surface area contributed by atoms with Crippen LogP contribution < -0.4 is 0 Å². The second-order valence-corrected chi connectivity index (χ2v) is 4.90. The molecule has 0 aliphatic heterocycles. The number of furan rings is 1. The van der Waals surface area contributed by atoms with Gasteiger partial charge in [-0.15, -0.1) is 0 Å². The quantitative estimate of drug-likeness (QED) is 0.632. The molecule has 0 saturated carbocycles. The monoisotopic (exact) mass is 324 g/mol. The highest BCUT2D eigenvalue weighted by atomic mass is 79.9. The first-order valence-electron chi connectivity index (χ1n) is 5.54. The van der Waals surface area contributed by atoms with Crippen molar-refractivity contribution in [2.24, 2.45) is 0 Å². The van der Waals surface area contributed by atoms with Crippen LogP contribution in [0.5, 0.6) is 0 Å². The molecule has 1 aromatic heterocycles. The normalized spacial score (nSPS) is 10.5. The minimum Gasteiger partial charge on any atom is -0.469 e. The third kappa shape index (κ3) is 2.98. The predicted octanol–water partition coefficient (Wildman–Crippen LogP) is 3.95. The maximum absolute atomic E-state index is 13.1. The van der Waals surface area contributed by atoms with Crippen LogP contribution in [0.1, 0.15) is 32.9 Å². The summed E-state index contributed by atoms with van der Waals surface area (Å²) in [4.78, 5) is 23.8. The van der Waals surface area contributed by atoms with Gasteiger partial charge in [0.2, 0.25) is 0 Å². The van der Waals surface area contributed by atoms with Gasteiger partial charge < -0.3 is 4.42 Å². The molecule has 19 heavy (non-hydrogen) atoms. The van der Waals surface area contributed by atoms with E-state index in [0.717, 1.165) is 0 Å². The molecule has 1 heterocycles. The number of halogens is 2. The number of carbonyl (C=O) groups is 2. The number of aryl methyl sites for hydroxylation is 1. The fourth-order valence-corrected chi connectivity index (χ4v) is 2.07. The van der Waals surface area contributed by atoms with Gasteiger partial charge in [-0.1, -0.05) is 0 Å². The Morgan fingerprint density at radius 3 is 2.58 bits per heavy atom. The second kappa shape index (κ2) is 5.48. The van der Waals surface area contributed by atoms with Crippen LogP contribution in [0.15, 0.2) is 39.4 Å². The van der Waals surface area contributed by atoms with Gasteiger partial charge in [0.1, 0.15) is 11.6 Å². The molecule has 1 aromatic carbocycles. The number of ketones is 2. The summed E-state index contributed by atoms with van der Waals surface area (Å²) in [5.74, 6) is -0.630. The summed E-state index contributed by atoms with van der Waals surface area (Å²) in [6, 6.07) is 5.45. The Labute approximate surface area is 117 Å². The summed E-state index contributed by atoms with van der Waals surface area (Å²) >= 11 is 3.00. The first-order valence-corrected chi connectivity index (χ1v) is 6.34. The summed E-state index contributed by atoms with van der Waals surface area (Å²) in [6.07, 6.45) is 1.14. The van der Waals surface area contributed by atoms with E-state index in [1.54, 1.807) is 6.92 Å². The third-order valence-corrected chi connectivity index (χ3v) is 3.33. The maximum atomic E-state index is 13.1. The van der Waals surface area contributed by atoms with E-state index in [1.165, 1.54) is 30.5 Å². The van der Waals surface area contributed by atoms with Crippen molar-refractivity contribution in [3.8, 4) is 0 Å². The molecule has 0 bridgehead atoms. The molecule has 0 radical (unpaired) electrons. The highest BCUT2D eigenvalue weighted by Gasteiger charge is 2.17. The van der Waals surface area contributed by atoms with Crippen molar-refractivity contribution >= 4 is 27.5 Å². The Morgan fingerprint density at radius 2 is 2.00 bits per heavy atom. The fourth-order valence-electron chi connectivity index (χ4n) is 1.69. The number of hydrogen-bond acceptors (Lipinski definition) is 3. The number of hydrogen-bond donors (Lipinski definition) is 0. The van der Waals surface area contributed by atoms with E-state index in [-0.39, 0.29) is 22.5 Å². The van der Waals surface area contributed by atoms with E-state index >= 15 is 0 Å². The van der Waals surface area contributed by atoms with Crippen molar-refractivity contribution in [3.05, 3.63) is 57.7 Å². The molecule has 0 aliphatic carbocycles. The van der Waals surface area contributed by atoms with Gasteiger partial charge in [-0.25, -0.2) is 4.39 Å². The first-order chi connectivity index (χ1) is 8.99. The smallest absolute Gasteiger partial charge is 0.174 e. The first kappa shape index (κ1) is 13.7. The summed E-state index contributed by atoms with van der Waals surface area (Å²) < 4.78 is 18.3. The Balaban J connectivity index is 2.15. The molecule has 3 nitrogen and oxygen atoms in total. The summed E-state index contributed by atoms with van der Waals surface area (Å²) in [5.41, 5.74) is 0.692. The zero-order valence-corrected chi connectivity index (χ0v) is 11.7. The molecule has 2 aromatic rings. The van der Waals surface area contributed by atoms with Crippen LogP contribution in [0.4, 0.5) is 4.39 Å². The van der Waals surface area contributed by atoms with Crippen molar-refractivity contribution in [1.82, 2.24) is 0 Å². The Hall–Kier alpha value is -1.75. The molecule has 0 unspecified atom stereocenters. The second-order valence-electron chi connectivity index (χ2n) is 4.04. The molecule has 5 heteroatoms. The van der Waals surface area contributed by atoms with Crippen LogP contribution in [0.3, 0.4) is 0 Å². The lowest BCUT2D eigenvalue weighted by molar-refractivity contribution is 0.0893. The van der Waals surface area contributed by atoms with Crippen molar-refractivity contribution in [3.63, 3.8) is 0 Å². The van der Waals surface area contributed by atoms with Gasteiger partial charge in [-0.3, -0.25) is 9.59 Å². The van der Waals surface area contributed by atoms with Crippen LogP contribution in [0.2, 0.25) is 0 Å². The van der Waals surface area contributed by atoms with E-state index in [2.05, 4.69) is 15.9 Å². The number of carbonyl (C=O) groups excluding carboxylic acids is 2. The molecule has 0 N–H and O–H groups in total. The van der Waals surface area contributed by atoms with E-state index in [9.17, 15) is 14.0 Å². The minimum atomic E-state index is -0.450. The zero-order chi connectivity index (χ0) is 14.0. The van der Waals surface area contributed by atoms with Crippen molar-refractivity contribution < 1.29 is 18.4 Å². The molecule has 0 amide bonds. The average Bonchev–Trinajstić information content (AvgIpc) is 2.79. The fraction of sp³-hybridized carbons (Fsp3) is 0.143. The molecule has 98 valence electrons. The largest absolute Gasteiger partial charge is 0.469 e. The molecule has 2 rings (SSSR count). The standard InChI is InChI=1S/C14H10BrFO3/c1-8-10(4-5-19-8)14(18)7-13(17)9-2-3-12(16)11(15)6-9/h2-6H,7H2,1H3. The lowest BCUT2D eigenvalue weighted by atomic mass is 10.0. The molecular weight excluding hydrogens is 315 g/mol. The SMILES string of the molecule is Cc1occc1C(=O)CC(=O)c1ccc(F)c(Br)c1. The molecule has 0 saturated heterocycles. The highest BCUT2D eigenvalue weighted by molar-refractivity contribution is 9.10. The summed E-state index contributed by atoms with van der Waals surface area (Å²) in [7, 11) is 0. The van der Waals surface area contributed by atoms with Crippen LogP contribution in [-0.4, -0.2) is 11.6 Å². The zero-order valence-electron chi connectivity index (χ0n) is 10.1. The van der Waals surface area contributed by atoms with Gasteiger partial charge in [0.25, 0.3) is 0 Å². The van der Waals surface area contributed by atoms with Crippen LogP contribution in [0, 0.1) is 12.7 Å². The average molecular weight is 325 g/mol. The van der Waals surface area contributed by atoms with Gasteiger partial charge in [0.15, 0.2) is 11.6 Å². The highest BCUT2D eigenvalue weighted by Crippen LogP contribution is 2.19. The minimum absolute atomic E-state index is 0.199. The van der Waals surface area contributed by atoms with Crippen molar-refractivity contribution in [2.45, 2.75) is 13.3 Å². The van der Waals surface area contributed by atoms with Gasteiger partial charge >= 0.3 is 0 Å². The van der Waals surface area contributed by atoms with E-state index < -0.39 is 5.82 Å². The Kier molecular flexibility index (Phi) is 3.95. The molecular formula is C14H10BrFO3. The van der Waals surface area contributed by atoms with E-state index in [0.29, 0.717) is 16.9 Å². The van der Waals surface area contributed by atoms with E-state index in [1.807, 2.05) is 0 Å². The third-order valence-electron chi connectivity index (χ3n) is 2.72. The molecule has 0 atom stereocenters. The summed E-state index contributed by atoms with van der Waals surface area (Å²) in [6.45, 7) is 1.66. The van der Waals surface area contributed by atoms with Crippen LogP contribution in [0.25, 0.3) is 0 Å². The van der Waals surface area contributed by atoms with Gasteiger partial charge in [0, 0.05) is 5.56 Å². The molecule has 0 fully saturated rings. The Morgan fingerprint density at radius 1 is 1.26 bits per heavy atom. The number of Topliss-reactive ketones (excluding diaryl/α,β-unsaturated/α-hetero) is 2. The number of benzene rings is 1. The molecule has 0 spiro atoms. The van der Waals surface area contributed by atoms with Crippen molar-refractivity contribution in [1.29, 1.82) is 0 Å². The molecule has 0 aliphatic rings. The topological polar surface area (TPSA) is 47.3 Å². The van der Waals surface area contributed by atoms with Gasteiger partial charge in [0.05, 0.1) is 22.7 Å². The maximum Gasteiger partial charge on any atom is 0.174 e. The summed E-state index contributed by atoms with van der Waals surface area (Å²) in [5, 5.41) is 0.